The van der Waals surface area contributed by atoms with Gasteiger partial charge in [0.15, 0.2) is 0 Å². The van der Waals surface area contributed by atoms with E-state index in [1.165, 1.54) is 0 Å². The number of morpholine rings is 1. The lowest BCUT2D eigenvalue weighted by Gasteiger charge is -2.56. The Hall–Kier alpha value is -2.12. The number of methoxy groups -OCH3 is 1. The summed E-state index contributed by atoms with van der Waals surface area (Å²) in [5.41, 5.74) is 0.631. The maximum atomic E-state index is 13.2. The quantitative estimate of drug-likeness (QED) is 0.688. The lowest BCUT2D eigenvalue weighted by Crippen LogP contribution is -2.59. The van der Waals surface area contributed by atoms with E-state index < -0.39 is 6.10 Å². The normalized spacial score (nSPS) is 34.6. The summed E-state index contributed by atoms with van der Waals surface area (Å²) in [6.45, 7) is 8.83. The highest BCUT2D eigenvalue weighted by atomic mass is 16.5. The van der Waals surface area contributed by atoms with Crippen LogP contribution >= 0.6 is 0 Å². The summed E-state index contributed by atoms with van der Waals surface area (Å²) in [6, 6.07) is 7.12. The Bertz CT molecular complexity index is 868. The third kappa shape index (κ3) is 4.82. The van der Waals surface area contributed by atoms with Crippen molar-refractivity contribution in [2.75, 3.05) is 33.4 Å². The molecule has 2 saturated carbocycles. The third-order valence-electron chi connectivity index (χ3n) is 8.91. The molecule has 2 amide bonds. The van der Waals surface area contributed by atoms with E-state index in [-0.39, 0.29) is 46.9 Å². The molecule has 4 rings (SSSR count). The lowest BCUT2D eigenvalue weighted by molar-refractivity contribution is -0.153. The standard InChI is InChI=1S/C27H40N2O5/c1-17(26(32)29-13-15-34-16-14-29)21-9-11-27(3)12-10-22(18(2)23(27)24(21)30)28-25(31)19-5-7-20(33-4)8-6-19/h5-8,17-18,21-24,30H,9-16H2,1-4H3,(H,28,31)/t17-,18+,21+,22-,23+,24-,27-/m0/s1. The van der Waals surface area contributed by atoms with Crippen LogP contribution in [0.3, 0.4) is 0 Å². The van der Waals surface area contributed by atoms with Crippen molar-refractivity contribution >= 4 is 11.8 Å². The molecule has 3 fully saturated rings. The van der Waals surface area contributed by atoms with Gasteiger partial charge in [-0.2, -0.15) is 0 Å². The molecule has 2 N–H and O–H groups in total. The first-order chi connectivity index (χ1) is 16.2. The molecule has 1 saturated heterocycles. The smallest absolute Gasteiger partial charge is 0.251 e. The van der Waals surface area contributed by atoms with E-state index in [9.17, 15) is 14.7 Å². The van der Waals surface area contributed by atoms with Crippen LogP contribution in [-0.2, 0) is 9.53 Å². The van der Waals surface area contributed by atoms with Crippen LogP contribution in [0.1, 0.15) is 56.8 Å². The van der Waals surface area contributed by atoms with Crippen LogP contribution in [0.2, 0.25) is 0 Å². The first-order valence-electron chi connectivity index (χ1n) is 12.7. The van der Waals surface area contributed by atoms with Gasteiger partial charge < -0.3 is 24.8 Å². The van der Waals surface area contributed by atoms with Crippen molar-refractivity contribution in [1.29, 1.82) is 0 Å². The highest BCUT2D eigenvalue weighted by Crippen LogP contribution is 2.55. The second-order valence-corrected chi connectivity index (χ2v) is 10.8. The first-order valence-corrected chi connectivity index (χ1v) is 12.7. The maximum absolute atomic E-state index is 13.2. The number of aliphatic hydroxyl groups excluding tert-OH is 1. The summed E-state index contributed by atoms with van der Waals surface area (Å²) in [5, 5.41) is 14.9. The number of hydrogen-bond donors (Lipinski definition) is 2. The van der Waals surface area contributed by atoms with Crippen LogP contribution in [0.25, 0.3) is 0 Å². The van der Waals surface area contributed by atoms with Gasteiger partial charge in [-0.3, -0.25) is 9.59 Å². The van der Waals surface area contributed by atoms with Crippen LogP contribution in [0.4, 0.5) is 0 Å². The average molecular weight is 473 g/mol. The van der Waals surface area contributed by atoms with E-state index in [1.807, 2.05) is 11.8 Å². The number of rotatable bonds is 5. The van der Waals surface area contributed by atoms with Crippen molar-refractivity contribution in [3.63, 3.8) is 0 Å². The van der Waals surface area contributed by atoms with E-state index in [0.717, 1.165) is 31.4 Å². The number of carbonyl (C=O) groups is 2. The zero-order chi connectivity index (χ0) is 24.5. The Morgan fingerprint density at radius 2 is 1.82 bits per heavy atom. The average Bonchev–Trinajstić information content (AvgIpc) is 2.85. The van der Waals surface area contributed by atoms with Crippen LogP contribution in [0.15, 0.2) is 24.3 Å². The zero-order valence-electron chi connectivity index (χ0n) is 21.0. The molecule has 34 heavy (non-hydrogen) atoms. The van der Waals surface area contributed by atoms with E-state index in [2.05, 4.69) is 19.2 Å². The van der Waals surface area contributed by atoms with Crippen molar-refractivity contribution in [2.45, 2.75) is 58.6 Å². The van der Waals surface area contributed by atoms with Crippen LogP contribution in [0, 0.1) is 29.1 Å². The van der Waals surface area contributed by atoms with Crippen molar-refractivity contribution < 1.29 is 24.2 Å². The molecular weight excluding hydrogens is 432 g/mol. The molecule has 1 aromatic rings. The predicted molar refractivity (Wildman–Crippen MR) is 130 cm³/mol. The van der Waals surface area contributed by atoms with Gasteiger partial charge in [0.05, 0.1) is 26.4 Å². The summed E-state index contributed by atoms with van der Waals surface area (Å²) < 4.78 is 10.6. The van der Waals surface area contributed by atoms with E-state index in [0.29, 0.717) is 31.9 Å². The third-order valence-corrected chi connectivity index (χ3v) is 8.91. The molecule has 7 nitrogen and oxygen atoms in total. The molecule has 0 bridgehead atoms. The minimum Gasteiger partial charge on any atom is -0.497 e. The first kappa shape index (κ1) is 25.0. The molecule has 0 unspecified atom stereocenters. The summed E-state index contributed by atoms with van der Waals surface area (Å²) in [7, 11) is 1.61. The molecule has 0 aromatic heterocycles. The Morgan fingerprint density at radius 3 is 2.47 bits per heavy atom. The Morgan fingerprint density at radius 1 is 1.18 bits per heavy atom. The molecular formula is C27H40N2O5. The minimum atomic E-state index is -0.561. The van der Waals surface area contributed by atoms with Gasteiger partial charge in [-0.1, -0.05) is 20.8 Å². The van der Waals surface area contributed by atoms with Crippen molar-refractivity contribution in [2.24, 2.45) is 29.1 Å². The fourth-order valence-corrected chi connectivity index (χ4v) is 6.75. The number of hydrogen-bond acceptors (Lipinski definition) is 5. The number of nitrogens with zero attached hydrogens (tertiary/aromatic N) is 1. The number of amides is 2. The van der Waals surface area contributed by atoms with Gasteiger partial charge in [-0.05, 0) is 73.1 Å². The predicted octanol–water partition coefficient (Wildman–Crippen LogP) is 3.11. The molecule has 0 spiro atoms. The molecule has 1 heterocycles. The van der Waals surface area contributed by atoms with Gasteiger partial charge in [0.1, 0.15) is 5.75 Å². The fraction of sp³-hybridized carbons (Fsp3) is 0.704. The topological polar surface area (TPSA) is 88.1 Å². The number of aliphatic hydroxyl groups is 1. The van der Waals surface area contributed by atoms with E-state index in [4.69, 9.17) is 9.47 Å². The number of ether oxygens (including phenoxy) is 2. The highest BCUT2D eigenvalue weighted by molar-refractivity contribution is 5.94. The highest BCUT2D eigenvalue weighted by Gasteiger charge is 2.54. The lowest BCUT2D eigenvalue weighted by atomic mass is 9.51. The molecule has 2 aliphatic carbocycles. The number of benzene rings is 1. The van der Waals surface area contributed by atoms with Crippen molar-refractivity contribution in [3.05, 3.63) is 29.8 Å². The van der Waals surface area contributed by atoms with Gasteiger partial charge in [-0.15, -0.1) is 0 Å². The summed E-state index contributed by atoms with van der Waals surface area (Å²) in [5.74, 6) is 0.622. The Balaban J connectivity index is 1.45. The number of nitrogens with one attached hydrogen (secondary N) is 1. The summed E-state index contributed by atoms with van der Waals surface area (Å²) >= 11 is 0. The van der Waals surface area contributed by atoms with Crippen molar-refractivity contribution in [3.8, 4) is 5.75 Å². The SMILES string of the molecule is COc1ccc(C(=O)N[C@H]2CC[C@]3(C)CC[C@H]([C@H](C)C(=O)N4CCOCC4)[C@H](O)[C@H]3[C@@H]2C)cc1. The van der Waals surface area contributed by atoms with Crippen LogP contribution < -0.4 is 10.1 Å². The van der Waals surface area contributed by atoms with Gasteiger partial charge in [-0.25, -0.2) is 0 Å². The van der Waals surface area contributed by atoms with Crippen LogP contribution in [0.5, 0.6) is 5.75 Å². The molecule has 7 atom stereocenters. The second kappa shape index (κ2) is 10.2. The second-order valence-electron chi connectivity index (χ2n) is 10.8. The molecule has 7 heteroatoms. The Labute approximate surface area is 203 Å². The maximum Gasteiger partial charge on any atom is 0.251 e. The molecule has 0 radical (unpaired) electrons. The van der Waals surface area contributed by atoms with E-state index in [1.54, 1.807) is 31.4 Å². The fourth-order valence-electron chi connectivity index (χ4n) is 6.75. The summed E-state index contributed by atoms with van der Waals surface area (Å²) in [4.78, 5) is 28.0. The molecule has 188 valence electrons. The number of fused-ring (bicyclic) bond motifs is 1. The summed E-state index contributed by atoms with van der Waals surface area (Å²) in [6.07, 6.45) is 3.17. The van der Waals surface area contributed by atoms with E-state index >= 15 is 0 Å². The minimum absolute atomic E-state index is 0.00803. The van der Waals surface area contributed by atoms with Crippen molar-refractivity contribution in [1.82, 2.24) is 10.2 Å². The van der Waals surface area contributed by atoms with Gasteiger partial charge >= 0.3 is 0 Å². The van der Waals surface area contributed by atoms with Gasteiger partial charge in [0.2, 0.25) is 5.91 Å². The van der Waals surface area contributed by atoms with Gasteiger partial charge in [0.25, 0.3) is 5.91 Å². The Kier molecular flexibility index (Phi) is 7.53. The van der Waals surface area contributed by atoms with Crippen LogP contribution in [-0.4, -0.2) is 67.4 Å². The van der Waals surface area contributed by atoms with Gasteiger partial charge in [0, 0.05) is 30.6 Å². The number of carbonyl (C=O) groups excluding carboxylic acids is 2. The molecule has 1 aromatic carbocycles. The molecule has 3 aliphatic rings. The largest absolute Gasteiger partial charge is 0.497 e. The molecule has 1 aliphatic heterocycles. The monoisotopic (exact) mass is 472 g/mol. The zero-order valence-corrected chi connectivity index (χ0v) is 21.0.